The fourth-order valence-electron chi connectivity index (χ4n) is 2.83. The van der Waals surface area contributed by atoms with Crippen molar-refractivity contribution in [3.05, 3.63) is 95.3 Å². The molecule has 2 heterocycles. The van der Waals surface area contributed by atoms with E-state index < -0.39 is 0 Å². The van der Waals surface area contributed by atoms with E-state index in [-0.39, 0.29) is 18.5 Å². The van der Waals surface area contributed by atoms with Gasteiger partial charge in [-0.3, -0.25) is 9.48 Å². The maximum Gasteiger partial charge on any atom is 0.274 e. The van der Waals surface area contributed by atoms with Crippen LogP contribution < -0.4 is 10.1 Å². The minimum Gasteiger partial charge on any atom is -0.471 e. The van der Waals surface area contributed by atoms with Crippen molar-refractivity contribution in [2.75, 3.05) is 5.32 Å². The van der Waals surface area contributed by atoms with Gasteiger partial charge in [0.1, 0.15) is 17.3 Å². The number of rotatable bonds is 7. The van der Waals surface area contributed by atoms with Crippen molar-refractivity contribution in [3.8, 4) is 5.75 Å². The summed E-state index contributed by atoms with van der Waals surface area (Å²) in [6.07, 6.45) is 4.73. The molecule has 0 spiro atoms. The maximum absolute atomic E-state index is 13.3. The minimum absolute atomic E-state index is 0.0657. The fraction of sp³-hybridized carbons (Fsp3) is 0.0952. The quantitative estimate of drug-likeness (QED) is 0.481. The van der Waals surface area contributed by atoms with Gasteiger partial charge in [-0.15, -0.1) is 0 Å². The molecule has 30 heavy (non-hydrogen) atoms. The highest BCUT2D eigenvalue weighted by atomic mass is 35.5. The Bertz CT molecular complexity index is 1160. The second-order valence-electron chi connectivity index (χ2n) is 6.45. The number of aromatic nitrogens is 4. The summed E-state index contributed by atoms with van der Waals surface area (Å²) in [6, 6.07) is 14.8. The molecule has 0 unspecified atom stereocenters. The Morgan fingerprint density at radius 1 is 1.13 bits per heavy atom. The first kappa shape index (κ1) is 19.7. The van der Waals surface area contributed by atoms with E-state index in [1.54, 1.807) is 47.3 Å². The number of nitrogens with zero attached hydrogens (tertiary/aromatic N) is 4. The molecule has 0 atom stereocenters. The molecule has 0 aliphatic carbocycles. The van der Waals surface area contributed by atoms with E-state index in [9.17, 15) is 9.18 Å². The highest BCUT2D eigenvalue weighted by Crippen LogP contribution is 2.16. The van der Waals surface area contributed by atoms with E-state index in [1.807, 2.05) is 6.07 Å². The molecule has 1 N–H and O–H groups in total. The molecule has 152 valence electrons. The molecule has 4 aromatic rings. The maximum atomic E-state index is 13.3. The number of halogens is 2. The summed E-state index contributed by atoms with van der Waals surface area (Å²) in [5.41, 5.74) is 1.62. The zero-order chi connectivity index (χ0) is 20.9. The Morgan fingerprint density at radius 3 is 2.77 bits per heavy atom. The number of anilines is 1. The lowest BCUT2D eigenvalue weighted by Crippen LogP contribution is -2.19. The lowest BCUT2D eigenvalue weighted by atomic mass is 10.2. The Kier molecular flexibility index (Phi) is 5.76. The molecule has 7 nitrogen and oxygen atoms in total. The normalized spacial score (nSPS) is 10.7. The molecule has 2 aromatic carbocycles. The number of nitrogens with one attached hydrogen (secondary N) is 1. The van der Waals surface area contributed by atoms with Gasteiger partial charge in [-0.2, -0.15) is 10.2 Å². The summed E-state index contributed by atoms with van der Waals surface area (Å²) in [4.78, 5) is 12.6. The van der Waals surface area contributed by atoms with E-state index >= 15 is 0 Å². The molecule has 0 fully saturated rings. The zero-order valence-electron chi connectivity index (χ0n) is 15.7. The minimum atomic E-state index is -0.350. The van der Waals surface area contributed by atoms with E-state index in [2.05, 4.69) is 15.5 Å². The van der Waals surface area contributed by atoms with Crippen LogP contribution in [0.1, 0.15) is 16.1 Å². The first-order chi connectivity index (χ1) is 14.6. The van der Waals surface area contributed by atoms with Gasteiger partial charge in [0.05, 0.1) is 18.4 Å². The standard InChI is InChI=1S/C21H17ClFN5O2/c22-16-4-6-19(7-5-16)30-14-28-20(8-9-24-28)21(29)26-18-11-25-27(13-18)12-15-2-1-3-17(23)10-15/h1-11,13H,12,14H2,(H,26,29). The number of amides is 1. The van der Waals surface area contributed by atoms with Crippen molar-refractivity contribution in [2.24, 2.45) is 0 Å². The molecule has 0 radical (unpaired) electrons. The summed E-state index contributed by atoms with van der Waals surface area (Å²) in [5.74, 6) is -0.0420. The highest BCUT2D eigenvalue weighted by molar-refractivity contribution is 6.30. The first-order valence-corrected chi connectivity index (χ1v) is 9.43. The average molecular weight is 426 g/mol. The number of benzene rings is 2. The SMILES string of the molecule is O=C(Nc1cnn(Cc2cccc(F)c2)c1)c1ccnn1COc1ccc(Cl)cc1. The predicted molar refractivity (Wildman–Crippen MR) is 110 cm³/mol. The molecule has 1 amide bonds. The lowest BCUT2D eigenvalue weighted by molar-refractivity contribution is 0.100. The van der Waals surface area contributed by atoms with Crippen molar-refractivity contribution in [2.45, 2.75) is 13.3 Å². The molecule has 4 rings (SSSR count). The Balaban J connectivity index is 1.38. The summed E-state index contributed by atoms with van der Waals surface area (Å²) in [6.45, 7) is 0.455. The Hall–Kier alpha value is -3.65. The van der Waals surface area contributed by atoms with E-state index in [0.717, 1.165) is 5.56 Å². The molecule has 0 bridgehead atoms. The van der Waals surface area contributed by atoms with Crippen molar-refractivity contribution >= 4 is 23.2 Å². The zero-order valence-corrected chi connectivity index (χ0v) is 16.5. The first-order valence-electron chi connectivity index (χ1n) is 9.05. The molecular formula is C21H17ClFN5O2. The van der Waals surface area contributed by atoms with Gasteiger partial charge in [-0.25, -0.2) is 9.07 Å². The fourth-order valence-corrected chi connectivity index (χ4v) is 2.95. The summed E-state index contributed by atoms with van der Waals surface area (Å²) >= 11 is 5.86. The van der Waals surface area contributed by atoms with E-state index in [1.165, 1.54) is 29.2 Å². The molecule has 0 aliphatic rings. The van der Waals surface area contributed by atoms with Crippen LogP contribution in [0.3, 0.4) is 0 Å². The van der Waals surface area contributed by atoms with Gasteiger partial charge < -0.3 is 10.1 Å². The van der Waals surface area contributed by atoms with Crippen LogP contribution in [0.15, 0.2) is 73.2 Å². The smallest absolute Gasteiger partial charge is 0.274 e. The third kappa shape index (κ3) is 4.84. The van der Waals surface area contributed by atoms with Crippen LogP contribution in [0.4, 0.5) is 10.1 Å². The van der Waals surface area contributed by atoms with Crippen LogP contribution in [-0.4, -0.2) is 25.5 Å². The molecular weight excluding hydrogens is 409 g/mol. The van der Waals surface area contributed by atoms with Crippen LogP contribution in [-0.2, 0) is 13.3 Å². The monoisotopic (exact) mass is 425 g/mol. The van der Waals surface area contributed by atoms with Gasteiger partial charge in [-0.1, -0.05) is 23.7 Å². The molecule has 0 aliphatic heterocycles. The van der Waals surface area contributed by atoms with Gasteiger partial charge >= 0.3 is 0 Å². The third-order valence-electron chi connectivity index (χ3n) is 4.24. The number of carbonyl (C=O) groups excluding carboxylic acids is 1. The van der Waals surface area contributed by atoms with Crippen molar-refractivity contribution < 1.29 is 13.9 Å². The summed E-state index contributed by atoms with van der Waals surface area (Å²) in [7, 11) is 0. The van der Waals surface area contributed by atoms with Crippen LogP contribution in [0, 0.1) is 5.82 Å². The summed E-state index contributed by atoms with van der Waals surface area (Å²) in [5, 5.41) is 11.7. The lowest BCUT2D eigenvalue weighted by Gasteiger charge is -2.09. The van der Waals surface area contributed by atoms with Gasteiger partial charge in [0.15, 0.2) is 6.73 Å². The number of hydrogen-bond acceptors (Lipinski definition) is 4. The van der Waals surface area contributed by atoms with E-state index in [4.69, 9.17) is 16.3 Å². The van der Waals surface area contributed by atoms with Gasteiger partial charge in [-0.05, 0) is 48.0 Å². The van der Waals surface area contributed by atoms with Crippen molar-refractivity contribution in [1.29, 1.82) is 0 Å². The molecule has 2 aromatic heterocycles. The number of hydrogen-bond donors (Lipinski definition) is 1. The second-order valence-corrected chi connectivity index (χ2v) is 6.89. The number of ether oxygens (including phenoxy) is 1. The Morgan fingerprint density at radius 2 is 1.97 bits per heavy atom. The van der Waals surface area contributed by atoms with Gasteiger partial charge in [0, 0.05) is 17.4 Å². The largest absolute Gasteiger partial charge is 0.471 e. The van der Waals surface area contributed by atoms with Crippen LogP contribution in [0.25, 0.3) is 0 Å². The van der Waals surface area contributed by atoms with E-state index in [0.29, 0.717) is 28.7 Å². The molecule has 9 heteroatoms. The number of carbonyl (C=O) groups is 1. The average Bonchev–Trinajstić information content (AvgIpc) is 3.37. The highest BCUT2D eigenvalue weighted by Gasteiger charge is 2.14. The van der Waals surface area contributed by atoms with Gasteiger partial charge in [0.25, 0.3) is 5.91 Å². The van der Waals surface area contributed by atoms with Crippen LogP contribution in [0.5, 0.6) is 5.75 Å². The predicted octanol–water partition coefficient (Wildman–Crippen LogP) is 4.21. The third-order valence-corrected chi connectivity index (χ3v) is 4.49. The van der Waals surface area contributed by atoms with Gasteiger partial charge in [0.2, 0.25) is 0 Å². The van der Waals surface area contributed by atoms with Crippen LogP contribution in [0.2, 0.25) is 5.02 Å². The summed E-state index contributed by atoms with van der Waals surface area (Å²) < 4.78 is 22.0. The van der Waals surface area contributed by atoms with Crippen molar-refractivity contribution in [3.63, 3.8) is 0 Å². The molecule has 0 saturated heterocycles. The Labute approximate surface area is 176 Å². The molecule has 0 saturated carbocycles. The second kappa shape index (κ2) is 8.79. The van der Waals surface area contributed by atoms with Crippen molar-refractivity contribution in [1.82, 2.24) is 19.6 Å². The topological polar surface area (TPSA) is 74.0 Å². The van der Waals surface area contributed by atoms with Crippen LogP contribution >= 0.6 is 11.6 Å².